The normalized spacial score (nSPS) is 17.2. The molecular formula is C10H15N3O2S. The van der Waals surface area contributed by atoms with Crippen LogP contribution in [0.1, 0.15) is 19.4 Å². The van der Waals surface area contributed by atoms with Crippen molar-refractivity contribution in [3.8, 4) is 5.75 Å². The minimum Gasteiger partial charge on any atom is -0.495 e. The lowest BCUT2D eigenvalue weighted by Crippen LogP contribution is -2.23. The molecule has 1 atom stereocenters. The summed E-state index contributed by atoms with van der Waals surface area (Å²) in [5.74, 6) is 0.865. The molecule has 1 aliphatic rings. The third-order valence-corrected chi connectivity index (χ3v) is 2.63. The van der Waals surface area contributed by atoms with Crippen molar-refractivity contribution in [2.24, 2.45) is 10.1 Å². The Labute approximate surface area is 97.4 Å². The smallest absolute Gasteiger partial charge is 0.245 e. The highest BCUT2D eigenvalue weighted by molar-refractivity contribution is 7.85. The van der Waals surface area contributed by atoms with Crippen molar-refractivity contribution >= 4 is 22.7 Å². The SMILES string of the molecule is CC.COc1cccc2c1NS(=O)N=C2N. The first kappa shape index (κ1) is 12.5. The molecule has 2 rings (SSSR count). The van der Waals surface area contributed by atoms with Gasteiger partial charge in [0.05, 0.1) is 7.11 Å². The monoisotopic (exact) mass is 241 g/mol. The van der Waals surface area contributed by atoms with Gasteiger partial charge in [-0.15, -0.1) is 0 Å². The lowest BCUT2D eigenvalue weighted by atomic mass is 10.1. The number of benzene rings is 1. The third kappa shape index (κ3) is 2.33. The van der Waals surface area contributed by atoms with E-state index in [1.165, 1.54) is 0 Å². The van der Waals surface area contributed by atoms with Crippen molar-refractivity contribution < 1.29 is 8.95 Å². The molecule has 0 aliphatic carbocycles. The van der Waals surface area contributed by atoms with E-state index in [0.717, 1.165) is 0 Å². The van der Waals surface area contributed by atoms with E-state index in [1.807, 2.05) is 13.8 Å². The van der Waals surface area contributed by atoms with E-state index in [9.17, 15) is 4.21 Å². The van der Waals surface area contributed by atoms with E-state index < -0.39 is 11.2 Å². The Kier molecular flexibility index (Phi) is 4.30. The Morgan fingerprint density at radius 1 is 1.44 bits per heavy atom. The Bertz CT molecular complexity index is 432. The van der Waals surface area contributed by atoms with Gasteiger partial charge in [-0.1, -0.05) is 19.9 Å². The molecule has 0 bridgehead atoms. The minimum absolute atomic E-state index is 0.260. The number of nitrogens with one attached hydrogen (secondary N) is 1. The number of hydrogen-bond donors (Lipinski definition) is 2. The van der Waals surface area contributed by atoms with E-state index >= 15 is 0 Å². The molecule has 0 radical (unpaired) electrons. The first-order valence-corrected chi connectivity index (χ1v) is 6.03. The molecule has 0 amide bonds. The fourth-order valence-corrected chi connectivity index (χ4v) is 1.98. The molecule has 88 valence electrons. The second-order valence-corrected chi connectivity index (χ2v) is 3.60. The summed E-state index contributed by atoms with van der Waals surface area (Å²) in [6.45, 7) is 4.00. The van der Waals surface area contributed by atoms with E-state index in [4.69, 9.17) is 10.5 Å². The van der Waals surface area contributed by atoms with E-state index in [-0.39, 0.29) is 5.84 Å². The molecule has 5 nitrogen and oxygen atoms in total. The molecule has 1 unspecified atom stereocenters. The quantitative estimate of drug-likeness (QED) is 0.781. The zero-order valence-electron chi connectivity index (χ0n) is 9.48. The number of methoxy groups -OCH3 is 1. The Morgan fingerprint density at radius 2 is 2.12 bits per heavy atom. The molecule has 0 saturated carbocycles. The van der Waals surface area contributed by atoms with Gasteiger partial charge >= 0.3 is 0 Å². The van der Waals surface area contributed by atoms with Crippen LogP contribution in [0.4, 0.5) is 5.69 Å². The topological polar surface area (TPSA) is 76.7 Å². The summed E-state index contributed by atoms with van der Waals surface area (Å²) >= 11 is -1.51. The molecular weight excluding hydrogens is 226 g/mol. The number of ether oxygens (including phenoxy) is 1. The number of nitrogens with two attached hydrogens (primary N) is 1. The van der Waals surface area contributed by atoms with Crippen molar-refractivity contribution in [2.75, 3.05) is 11.8 Å². The highest BCUT2D eigenvalue weighted by Crippen LogP contribution is 2.30. The third-order valence-electron chi connectivity index (χ3n) is 1.89. The van der Waals surface area contributed by atoms with Gasteiger partial charge in [0, 0.05) is 5.56 Å². The number of rotatable bonds is 1. The molecule has 0 spiro atoms. The maximum atomic E-state index is 11.2. The summed E-state index contributed by atoms with van der Waals surface area (Å²) in [5, 5.41) is 0. The van der Waals surface area contributed by atoms with Gasteiger partial charge in [-0.3, -0.25) is 4.72 Å². The van der Waals surface area contributed by atoms with Crippen molar-refractivity contribution in [3.63, 3.8) is 0 Å². The van der Waals surface area contributed by atoms with Crippen LogP contribution in [0.2, 0.25) is 0 Å². The van der Waals surface area contributed by atoms with Crippen molar-refractivity contribution in [2.45, 2.75) is 13.8 Å². The zero-order valence-corrected chi connectivity index (χ0v) is 10.3. The van der Waals surface area contributed by atoms with Crippen LogP contribution >= 0.6 is 0 Å². The van der Waals surface area contributed by atoms with E-state index in [1.54, 1.807) is 25.3 Å². The molecule has 1 heterocycles. The molecule has 1 aromatic rings. The van der Waals surface area contributed by atoms with Crippen LogP contribution in [-0.4, -0.2) is 17.2 Å². The Balaban J connectivity index is 0.000000606. The number of para-hydroxylation sites is 1. The fraction of sp³-hybridized carbons (Fsp3) is 0.300. The average molecular weight is 241 g/mol. The van der Waals surface area contributed by atoms with Crippen LogP contribution in [0.5, 0.6) is 5.75 Å². The maximum Gasteiger partial charge on any atom is 0.245 e. The van der Waals surface area contributed by atoms with E-state index in [0.29, 0.717) is 17.0 Å². The number of nitrogens with zero attached hydrogens (tertiary/aromatic N) is 1. The summed E-state index contributed by atoms with van der Waals surface area (Å²) < 4.78 is 22.7. The Morgan fingerprint density at radius 3 is 2.75 bits per heavy atom. The van der Waals surface area contributed by atoms with Gasteiger partial charge in [0.2, 0.25) is 11.2 Å². The summed E-state index contributed by atoms with van der Waals surface area (Å²) in [5.41, 5.74) is 6.96. The molecule has 1 aromatic carbocycles. The number of amidine groups is 1. The standard InChI is InChI=1S/C8H9N3O2S.C2H6/c1-13-6-4-2-3-5-7(6)10-14(12)11-8(5)9;1-2/h2-4,10H,1H3,(H2,9,11);1-2H3. The minimum atomic E-state index is -1.51. The van der Waals surface area contributed by atoms with Crippen LogP contribution < -0.4 is 15.2 Å². The lowest BCUT2D eigenvalue weighted by molar-refractivity contribution is 0.417. The molecule has 0 fully saturated rings. The first-order chi connectivity index (χ1) is 7.72. The van der Waals surface area contributed by atoms with Gasteiger partial charge in [-0.25, -0.2) is 4.21 Å². The summed E-state index contributed by atoms with van der Waals surface area (Å²) in [6, 6.07) is 5.36. The maximum absolute atomic E-state index is 11.2. The second kappa shape index (κ2) is 5.50. The van der Waals surface area contributed by atoms with Gasteiger partial charge in [0.15, 0.2) is 0 Å². The highest BCUT2D eigenvalue weighted by atomic mass is 32.2. The van der Waals surface area contributed by atoms with Crippen molar-refractivity contribution in [1.29, 1.82) is 0 Å². The molecule has 16 heavy (non-hydrogen) atoms. The predicted molar refractivity (Wildman–Crippen MR) is 66.8 cm³/mol. The predicted octanol–water partition coefficient (Wildman–Crippen LogP) is 1.43. The number of hydrogen-bond acceptors (Lipinski definition) is 3. The summed E-state index contributed by atoms with van der Waals surface area (Å²) in [7, 11) is 1.54. The zero-order chi connectivity index (χ0) is 12.1. The summed E-state index contributed by atoms with van der Waals surface area (Å²) in [4.78, 5) is 0. The van der Waals surface area contributed by atoms with Gasteiger partial charge < -0.3 is 10.5 Å². The molecule has 0 aromatic heterocycles. The van der Waals surface area contributed by atoms with Crippen LogP contribution in [0.15, 0.2) is 22.6 Å². The highest BCUT2D eigenvalue weighted by Gasteiger charge is 2.18. The van der Waals surface area contributed by atoms with Gasteiger partial charge in [-0.2, -0.15) is 4.40 Å². The van der Waals surface area contributed by atoms with Crippen LogP contribution in [0.25, 0.3) is 0 Å². The molecule has 6 heteroatoms. The van der Waals surface area contributed by atoms with Crippen LogP contribution in [0.3, 0.4) is 0 Å². The molecule has 3 N–H and O–H groups in total. The number of anilines is 1. The average Bonchev–Trinajstić information content (AvgIpc) is 2.31. The molecule has 0 saturated heterocycles. The largest absolute Gasteiger partial charge is 0.495 e. The second-order valence-electron chi connectivity index (χ2n) is 2.71. The first-order valence-electron chi connectivity index (χ1n) is 4.92. The Hall–Kier alpha value is -1.56. The fourth-order valence-electron chi connectivity index (χ4n) is 1.27. The lowest BCUT2D eigenvalue weighted by Gasteiger charge is -2.16. The van der Waals surface area contributed by atoms with Gasteiger partial charge in [0.25, 0.3) is 0 Å². The number of fused-ring (bicyclic) bond motifs is 1. The van der Waals surface area contributed by atoms with E-state index in [2.05, 4.69) is 9.12 Å². The summed E-state index contributed by atoms with van der Waals surface area (Å²) in [6.07, 6.45) is 0. The van der Waals surface area contributed by atoms with Gasteiger partial charge in [0.1, 0.15) is 17.3 Å². The van der Waals surface area contributed by atoms with Crippen molar-refractivity contribution in [3.05, 3.63) is 23.8 Å². The van der Waals surface area contributed by atoms with Crippen LogP contribution in [0, 0.1) is 0 Å². The van der Waals surface area contributed by atoms with Crippen molar-refractivity contribution in [1.82, 2.24) is 0 Å². The van der Waals surface area contributed by atoms with Gasteiger partial charge in [-0.05, 0) is 12.1 Å². The van der Waals surface area contributed by atoms with Crippen LogP contribution in [-0.2, 0) is 11.2 Å². The molecule has 1 aliphatic heterocycles.